The Labute approximate surface area is 88.2 Å². The van der Waals surface area contributed by atoms with Crippen LogP contribution >= 0.6 is 0 Å². The number of carbonyl (C=O) groups is 1. The topological polar surface area (TPSA) is 70.1 Å². The van der Waals surface area contributed by atoms with Crippen LogP contribution in [0.5, 0.6) is 0 Å². The summed E-state index contributed by atoms with van der Waals surface area (Å²) < 4.78 is 5.05. The molecule has 4 nitrogen and oxygen atoms in total. The second kappa shape index (κ2) is 4.91. The predicted molar refractivity (Wildman–Crippen MR) is 55.4 cm³/mol. The van der Waals surface area contributed by atoms with E-state index in [0.29, 0.717) is 6.61 Å². The van der Waals surface area contributed by atoms with Crippen molar-refractivity contribution < 1.29 is 19.7 Å². The zero-order chi connectivity index (χ0) is 11.3. The van der Waals surface area contributed by atoms with Gasteiger partial charge in [0, 0.05) is 6.08 Å². The van der Waals surface area contributed by atoms with Crippen molar-refractivity contribution in [1.29, 1.82) is 0 Å². The predicted octanol–water partition coefficient (Wildman–Crippen LogP) is 0.889. The third kappa shape index (κ3) is 4.10. The van der Waals surface area contributed by atoms with Gasteiger partial charge >= 0.3 is 5.97 Å². The van der Waals surface area contributed by atoms with Crippen LogP contribution < -0.4 is 0 Å². The molecule has 2 atom stereocenters. The third-order valence-corrected chi connectivity index (χ3v) is 2.09. The zero-order valence-corrected chi connectivity index (χ0v) is 8.46. The van der Waals surface area contributed by atoms with Gasteiger partial charge in [0.05, 0.1) is 6.61 Å². The summed E-state index contributed by atoms with van der Waals surface area (Å²) >= 11 is 0. The lowest BCUT2D eigenvalue weighted by Gasteiger charge is -2.08. The lowest BCUT2D eigenvalue weighted by molar-refractivity contribution is -0.131. The van der Waals surface area contributed by atoms with E-state index in [4.69, 9.17) is 9.84 Å². The maximum atomic E-state index is 10.1. The van der Waals surface area contributed by atoms with Crippen molar-refractivity contribution in [3.63, 3.8) is 0 Å². The fraction of sp³-hybridized carbons (Fsp3) is 0.364. The molecule has 0 unspecified atom stereocenters. The van der Waals surface area contributed by atoms with Gasteiger partial charge in [0.1, 0.15) is 11.7 Å². The lowest BCUT2D eigenvalue weighted by atomic mass is 10.1. The van der Waals surface area contributed by atoms with E-state index in [1.54, 1.807) is 24.3 Å². The third-order valence-electron chi connectivity index (χ3n) is 2.09. The molecule has 82 valence electrons. The van der Waals surface area contributed by atoms with Crippen LogP contribution in [0.4, 0.5) is 0 Å². The maximum Gasteiger partial charge on any atom is 0.328 e. The van der Waals surface area contributed by atoms with Crippen molar-refractivity contribution in [2.45, 2.75) is 18.6 Å². The van der Waals surface area contributed by atoms with E-state index in [1.165, 1.54) is 6.08 Å². The Kier molecular flexibility index (Phi) is 3.82. The van der Waals surface area contributed by atoms with Crippen LogP contribution in [0.2, 0.25) is 0 Å². The van der Waals surface area contributed by atoms with Gasteiger partial charge in [-0.2, -0.15) is 0 Å². The minimum absolute atomic E-state index is 0.429. The number of epoxide rings is 1. The van der Waals surface area contributed by atoms with Crippen molar-refractivity contribution in [3.05, 3.63) is 36.5 Å². The Bertz CT molecular complexity index is 311. The summed E-state index contributed by atoms with van der Waals surface area (Å²) in [6.45, 7) is 2.40. The average molecular weight is 210 g/mol. The van der Waals surface area contributed by atoms with E-state index in [9.17, 15) is 9.90 Å². The number of aliphatic hydroxyl groups is 1. The molecule has 1 heterocycles. The molecule has 0 spiro atoms. The molecule has 0 radical (unpaired) electrons. The summed E-state index contributed by atoms with van der Waals surface area (Å²) in [5, 5.41) is 17.8. The molecule has 0 aromatic heterocycles. The Morgan fingerprint density at radius 2 is 2.00 bits per heavy atom. The van der Waals surface area contributed by atoms with Crippen molar-refractivity contribution in [1.82, 2.24) is 0 Å². The number of hydrogen-bond acceptors (Lipinski definition) is 3. The molecule has 1 rings (SSSR count). The highest BCUT2D eigenvalue weighted by Gasteiger charge is 2.45. The van der Waals surface area contributed by atoms with Gasteiger partial charge in [-0.25, -0.2) is 4.79 Å². The summed E-state index contributed by atoms with van der Waals surface area (Å²) in [6, 6.07) is 0. The highest BCUT2D eigenvalue weighted by atomic mass is 16.6. The Balaban J connectivity index is 2.29. The van der Waals surface area contributed by atoms with Gasteiger partial charge in [0.15, 0.2) is 0 Å². The highest BCUT2D eigenvalue weighted by Crippen LogP contribution is 2.30. The van der Waals surface area contributed by atoms with Gasteiger partial charge < -0.3 is 14.9 Å². The monoisotopic (exact) mass is 210 g/mol. The molecular formula is C11H14O4. The van der Waals surface area contributed by atoms with Crippen LogP contribution in [0.3, 0.4) is 0 Å². The van der Waals surface area contributed by atoms with Gasteiger partial charge in [-0.3, -0.25) is 0 Å². The van der Waals surface area contributed by atoms with Gasteiger partial charge in [-0.05, 0) is 6.92 Å². The molecule has 0 bridgehead atoms. The van der Waals surface area contributed by atoms with Crippen LogP contribution in [0, 0.1) is 0 Å². The summed E-state index contributed by atoms with van der Waals surface area (Å²) in [6.07, 6.45) is 8.31. The second-order valence-corrected chi connectivity index (χ2v) is 3.51. The quantitative estimate of drug-likeness (QED) is 0.401. The molecule has 0 aromatic rings. The first-order valence-corrected chi connectivity index (χ1v) is 4.61. The van der Waals surface area contributed by atoms with E-state index >= 15 is 0 Å². The smallest absolute Gasteiger partial charge is 0.328 e. The molecule has 1 fully saturated rings. The minimum atomic E-state index is -0.984. The number of allylic oxidation sites excluding steroid dienone is 4. The van der Waals surface area contributed by atoms with Crippen LogP contribution in [-0.4, -0.2) is 34.5 Å². The Morgan fingerprint density at radius 1 is 1.40 bits per heavy atom. The number of aliphatic hydroxyl groups excluding tert-OH is 1. The zero-order valence-electron chi connectivity index (χ0n) is 8.46. The highest BCUT2D eigenvalue weighted by molar-refractivity contribution is 5.80. The van der Waals surface area contributed by atoms with Gasteiger partial charge in [-0.15, -0.1) is 0 Å². The van der Waals surface area contributed by atoms with Gasteiger partial charge in [-0.1, -0.05) is 30.4 Å². The normalized spacial score (nSPS) is 27.9. The number of carboxylic acids is 1. The molecule has 0 amide bonds. The molecule has 0 saturated carbocycles. The van der Waals surface area contributed by atoms with Crippen molar-refractivity contribution in [2.75, 3.05) is 6.61 Å². The van der Waals surface area contributed by atoms with Gasteiger partial charge in [0.25, 0.3) is 0 Å². The van der Waals surface area contributed by atoms with Crippen LogP contribution in [0.15, 0.2) is 36.5 Å². The van der Waals surface area contributed by atoms with E-state index in [2.05, 4.69) is 0 Å². The molecular weight excluding hydrogens is 196 g/mol. The summed E-state index contributed by atoms with van der Waals surface area (Å²) in [5.74, 6) is -0.984. The first-order valence-electron chi connectivity index (χ1n) is 4.61. The van der Waals surface area contributed by atoms with E-state index < -0.39 is 17.7 Å². The number of carboxylic acid groups (broad SMARTS) is 1. The van der Waals surface area contributed by atoms with E-state index in [0.717, 1.165) is 6.08 Å². The molecule has 2 N–H and O–H groups in total. The maximum absolute atomic E-state index is 10.1. The number of hydrogen-bond donors (Lipinski definition) is 2. The lowest BCUT2D eigenvalue weighted by Crippen LogP contribution is -2.23. The van der Waals surface area contributed by atoms with E-state index in [-0.39, 0.29) is 0 Å². The number of rotatable bonds is 5. The molecule has 4 heteroatoms. The molecule has 15 heavy (non-hydrogen) atoms. The van der Waals surface area contributed by atoms with Crippen LogP contribution in [-0.2, 0) is 9.53 Å². The average Bonchev–Trinajstić information content (AvgIpc) is 2.90. The van der Waals surface area contributed by atoms with E-state index in [1.807, 2.05) is 6.92 Å². The summed E-state index contributed by atoms with van der Waals surface area (Å²) in [7, 11) is 0. The molecule has 1 aliphatic heterocycles. The fourth-order valence-electron chi connectivity index (χ4n) is 0.924. The molecule has 0 aliphatic carbocycles. The molecule has 0 aromatic carbocycles. The largest absolute Gasteiger partial charge is 0.478 e. The Hall–Kier alpha value is -1.39. The summed E-state index contributed by atoms with van der Waals surface area (Å²) in [5.41, 5.74) is -0.429. The number of aliphatic carboxylic acids is 1. The second-order valence-electron chi connectivity index (χ2n) is 3.51. The van der Waals surface area contributed by atoms with Crippen LogP contribution in [0.25, 0.3) is 0 Å². The first kappa shape index (κ1) is 11.7. The SMILES string of the molecule is C[C@@]1([C@H](O)/C=C/C=C/C=C/C(=O)O)CO1. The molecule has 1 aliphatic rings. The standard InChI is InChI=1S/C11H14O4/c1-11(8-15-11)9(12)6-4-2-3-5-7-10(13)14/h2-7,9,12H,8H2,1H3,(H,13,14)/b3-2+,6-4+,7-5+/t9-,11+/m1/s1. The number of ether oxygens (including phenoxy) is 1. The van der Waals surface area contributed by atoms with Crippen molar-refractivity contribution in [3.8, 4) is 0 Å². The minimum Gasteiger partial charge on any atom is -0.478 e. The van der Waals surface area contributed by atoms with Crippen molar-refractivity contribution >= 4 is 5.97 Å². The van der Waals surface area contributed by atoms with Gasteiger partial charge in [0.2, 0.25) is 0 Å². The fourth-order valence-corrected chi connectivity index (χ4v) is 0.924. The summed E-state index contributed by atoms with van der Waals surface area (Å²) in [4.78, 5) is 10.1. The first-order chi connectivity index (χ1) is 7.04. The van der Waals surface area contributed by atoms with Crippen molar-refractivity contribution in [2.24, 2.45) is 0 Å². The van der Waals surface area contributed by atoms with Crippen LogP contribution in [0.1, 0.15) is 6.92 Å². The Morgan fingerprint density at radius 3 is 2.53 bits per heavy atom. The molecule has 1 saturated heterocycles.